The molecule has 1 fully saturated rings. The van der Waals surface area contributed by atoms with E-state index < -0.39 is 5.92 Å². The van der Waals surface area contributed by atoms with E-state index in [-0.39, 0.29) is 30.1 Å². The average Bonchev–Trinajstić information content (AvgIpc) is 2.91. The Hall–Kier alpha value is -2.95. The van der Waals surface area contributed by atoms with Gasteiger partial charge in [0.2, 0.25) is 11.8 Å². The second-order valence-electron chi connectivity index (χ2n) is 6.30. The quantitative estimate of drug-likeness (QED) is 0.873. The molecule has 2 aromatic carbocycles. The average molecular weight is 336 g/mol. The zero-order valence-electron chi connectivity index (χ0n) is 14.2. The molecule has 2 amide bonds. The molecule has 0 saturated carbocycles. The molecule has 2 aromatic rings. The number of hydrogen-bond donors (Lipinski definition) is 1. The minimum atomic E-state index is -0.471. The SMILES string of the molecule is CC(=O)c1cccc(NC(=O)[C@@H]2CC(=O)N(C)[C@H]2c2ccccc2)c1. The normalized spacial score (nSPS) is 19.8. The molecule has 0 bridgehead atoms. The third-order valence-corrected chi connectivity index (χ3v) is 4.60. The number of benzene rings is 2. The van der Waals surface area contributed by atoms with Gasteiger partial charge < -0.3 is 10.2 Å². The lowest BCUT2D eigenvalue weighted by atomic mass is 9.93. The largest absolute Gasteiger partial charge is 0.338 e. The van der Waals surface area contributed by atoms with Gasteiger partial charge in [-0.15, -0.1) is 0 Å². The van der Waals surface area contributed by atoms with E-state index in [0.29, 0.717) is 11.3 Å². The van der Waals surface area contributed by atoms with Crippen molar-refractivity contribution in [2.45, 2.75) is 19.4 Å². The van der Waals surface area contributed by atoms with Crippen molar-refractivity contribution in [3.05, 3.63) is 65.7 Å². The summed E-state index contributed by atoms with van der Waals surface area (Å²) in [6.07, 6.45) is 0.175. The highest BCUT2D eigenvalue weighted by Crippen LogP contribution is 2.37. The fourth-order valence-corrected chi connectivity index (χ4v) is 3.26. The summed E-state index contributed by atoms with van der Waals surface area (Å²) in [6.45, 7) is 1.48. The smallest absolute Gasteiger partial charge is 0.230 e. The van der Waals surface area contributed by atoms with Crippen molar-refractivity contribution in [3.8, 4) is 0 Å². The Morgan fingerprint density at radius 2 is 1.80 bits per heavy atom. The lowest BCUT2D eigenvalue weighted by Crippen LogP contribution is -2.30. The molecule has 1 N–H and O–H groups in total. The Morgan fingerprint density at radius 3 is 2.48 bits per heavy atom. The first kappa shape index (κ1) is 16.9. The van der Waals surface area contributed by atoms with Gasteiger partial charge in [0.25, 0.3) is 0 Å². The second-order valence-corrected chi connectivity index (χ2v) is 6.30. The van der Waals surface area contributed by atoms with Crippen LogP contribution < -0.4 is 5.32 Å². The van der Waals surface area contributed by atoms with Crippen molar-refractivity contribution in [3.63, 3.8) is 0 Å². The lowest BCUT2D eigenvalue weighted by molar-refractivity contribution is -0.127. The van der Waals surface area contributed by atoms with Gasteiger partial charge in [-0.2, -0.15) is 0 Å². The molecule has 0 spiro atoms. The summed E-state index contributed by atoms with van der Waals surface area (Å²) >= 11 is 0. The van der Waals surface area contributed by atoms with Crippen LogP contribution in [0.1, 0.15) is 35.3 Å². The van der Waals surface area contributed by atoms with Gasteiger partial charge >= 0.3 is 0 Å². The number of Topliss-reactive ketones (excluding diaryl/α,β-unsaturated/α-hetero) is 1. The second kappa shape index (κ2) is 6.89. The highest BCUT2D eigenvalue weighted by molar-refractivity contribution is 6.00. The van der Waals surface area contributed by atoms with E-state index in [1.807, 2.05) is 30.3 Å². The van der Waals surface area contributed by atoms with E-state index >= 15 is 0 Å². The standard InChI is InChI=1S/C20H20N2O3/c1-13(23)15-9-6-10-16(11-15)21-20(25)17-12-18(24)22(2)19(17)14-7-4-3-5-8-14/h3-11,17,19H,12H2,1-2H3,(H,21,25)/t17-,19+/m1/s1. The molecule has 0 aliphatic carbocycles. The van der Waals surface area contributed by atoms with Crippen molar-refractivity contribution < 1.29 is 14.4 Å². The van der Waals surface area contributed by atoms with Gasteiger partial charge in [0.15, 0.2) is 5.78 Å². The number of carbonyl (C=O) groups excluding carboxylic acids is 3. The van der Waals surface area contributed by atoms with Gasteiger partial charge in [0, 0.05) is 24.7 Å². The monoisotopic (exact) mass is 336 g/mol. The van der Waals surface area contributed by atoms with Crippen LogP contribution in [0, 0.1) is 5.92 Å². The van der Waals surface area contributed by atoms with E-state index in [4.69, 9.17) is 0 Å². The highest BCUT2D eigenvalue weighted by Gasteiger charge is 2.42. The topological polar surface area (TPSA) is 66.5 Å². The zero-order chi connectivity index (χ0) is 18.0. The number of likely N-dealkylation sites (tertiary alicyclic amines) is 1. The van der Waals surface area contributed by atoms with E-state index in [1.54, 1.807) is 36.2 Å². The Kier molecular flexibility index (Phi) is 4.65. The summed E-state index contributed by atoms with van der Waals surface area (Å²) in [7, 11) is 1.73. The number of rotatable bonds is 4. The van der Waals surface area contributed by atoms with Crippen molar-refractivity contribution in [2.24, 2.45) is 5.92 Å². The van der Waals surface area contributed by atoms with Crippen LogP contribution in [0.4, 0.5) is 5.69 Å². The third-order valence-electron chi connectivity index (χ3n) is 4.60. The van der Waals surface area contributed by atoms with Gasteiger partial charge in [-0.3, -0.25) is 14.4 Å². The summed E-state index contributed by atoms with van der Waals surface area (Å²) in [6, 6.07) is 16.1. The molecule has 1 heterocycles. The first-order valence-corrected chi connectivity index (χ1v) is 8.20. The van der Waals surface area contributed by atoms with Gasteiger partial charge in [-0.1, -0.05) is 42.5 Å². The van der Waals surface area contributed by atoms with Crippen molar-refractivity contribution >= 4 is 23.3 Å². The van der Waals surface area contributed by atoms with E-state index in [1.165, 1.54) is 6.92 Å². The minimum absolute atomic E-state index is 0.0495. The van der Waals surface area contributed by atoms with Gasteiger partial charge in [0.05, 0.1) is 12.0 Å². The maximum atomic E-state index is 12.8. The Morgan fingerprint density at radius 1 is 1.08 bits per heavy atom. The van der Waals surface area contributed by atoms with Gasteiger partial charge in [-0.05, 0) is 24.6 Å². The van der Waals surface area contributed by atoms with Crippen molar-refractivity contribution in [1.82, 2.24) is 4.90 Å². The van der Waals surface area contributed by atoms with Gasteiger partial charge in [-0.25, -0.2) is 0 Å². The molecular formula is C20H20N2O3. The van der Waals surface area contributed by atoms with Crippen LogP contribution in [0.2, 0.25) is 0 Å². The Balaban J connectivity index is 1.84. The Bertz CT molecular complexity index is 817. The first-order valence-electron chi connectivity index (χ1n) is 8.20. The summed E-state index contributed by atoms with van der Waals surface area (Å²) in [5, 5.41) is 2.85. The fourth-order valence-electron chi connectivity index (χ4n) is 3.26. The van der Waals surface area contributed by atoms with Crippen LogP contribution in [0.3, 0.4) is 0 Å². The van der Waals surface area contributed by atoms with Crippen LogP contribution >= 0.6 is 0 Å². The molecule has 1 saturated heterocycles. The molecule has 5 nitrogen and oxygen atoms in total. The zero-order valence-corrected chi connectivity index (χ0v) is 14.2. The first-order chi connectivity index (χ1) is 12.0. The lowest BCUT2D eigenvalue weighted by Gasteiger charge is -2.25. The number of hydrogen-bond acceptors (Lipinski definition) is 3. The predicted molar refractivity (Wildman–Crippen MR) is 95.1 cm³/mol. The summed E-state index contributed by atoms with van der Waals surface area (Å²) in [5.41, 5.74) is 2.04. The predicted octanol–water partition coefficient (Wildman–Crippen LogP) is 3.05. The molecule has 0 unspecified atom stereocenters. The van der Waals surface area contributed by atoms with E-state index in [2.05, 4.69) is 5.32 Å². The molecule has 25 heavy (non-hydrogen) atoms. The number of ketones is 1. The van der Waals surface area contributed by atoms with Crippen LogP contribution in [-0.4, -0.2) is 29.5 Å². The number of anilines is 1. The van der Waals surface area contributed by atoms with Gasteiger partial charge in [0.1, 0.15) is 0 Å². The summed E-state index contributed by atoms with van der Waals surface area (Å²) in [4.78, 5) is 38.1. The maximum absolute atomic E-state index is 12.8. The van der Waals surface area contributed by atoms with Crippen LogP contribution in [-0.2, 0) is 9.59 Å². The summed E-state index contributed by atoms with van der Waals surface area (Å²) < 4.78 is 0. The van der Waals surface area contributed by atoms with Crippen molar-refractivity contribution in [1.29, 1.82) is 0 Å². The molecule has 1 aliphatic rings. The van der Waals surface area contributed by atoms with Crippen molar-refractivity contribution in [2.75, 3.05) is 12.4 Å². The van der Waals surface area contributed by atoms with Crippen LogP contribution in [0.25, 0.3) is 0 Å². The number of nitrogens with zero attached hydrogens (tertiary/aromatic N) is 1. The van der Waals surface area contributed by atoms with E-state index in [0.717, 1.165) is 5.56 Å². The van der Waals surface area contributed by atoms with Crippen LogP contribution in [0.15, 0.2) is 54.6 Å². The number of amides is 2. The fraction of sp³-hybridized carbons (Fsp3) is 0.250. The van der Waals surface area contributed by atoms with E-state index in [9.17, 15) is 14.4 Å². The molecule has 128 valence electrons. The third kappa shape index (κ3) is 3.45. The minimum Gasteiger partial charge on any atom is -0.338 e. The molecule has 1 aliphatic heterocycles. The highest BCUT2D eigenvalue weighted by atomic mass is 16.2. The van der Waals surface area contributed by atoms with Crippen LogP contribution in [0.5, 0.6) is 0 Å². The molecule has 5 heteroatoms. The number of carbonyl (C=O) groups is 3. The molecular weight excluding hydrogens is 316 g/mol. The molecule has 0 radical (unpaired) electrons. The Labute approximate surface area is 146 Å². The molecule has 0 aromatic heterocycles. The molecule has 2 atom stereocenters. The number of nitrogens with one attached hydrogen (secondary N) is 1. The maximum Gasteiger partial charge on any atom is 0.230 e. The molecule has 3 rings (SSSR count). The summed E-state index contributed by atoms with van der Waals surface area (Å²) in [5.74, 6) is -0.798.